The van der Waals surface area contributed by atoms with Gasteiger partial charge >= 0.3 is 0 Å². The lowest BCUT2D eigenvalue weighted by Gasteiger charge is -2.16. The highest BCUT2D eigenvalue weighted by Gasteiger charge is 2.09. The fourth-order valence-electron chi connectivity index (χ4n) is 5.99. The molecule has 0 saturated carbocycles. The van der Waals surface area contributed by atoms with Crippen molar-refractivity contribution in [1.82, 2.24) is 0 Å². The standard InChI is InChI=1S/C36H72O/c1-4-7-9-11-13-14-15-16-17-18-19-20-21-22-23-24-25-27-31-35(30-6-3)32-29-34-36(37)33-28-26-12-10-8-5-2/h35H,4-34H2,1-3H3. The van der Waals surface area contributed by atoms with Crippen LogP contribution in [0.25, 0.3) is 0 Å². The van der Waals surface area contributed by atoms with Crippen molar-refractivity contribution in [2.24, 2.45) is 5.92 Å². The Kier molecular flexibility index (Phi) is 31.6. The minimum atomic E-state index is 0.527. The van der Waals surface area contributed by atoms with Crippen LogP contribution in [0, 0.1) is 5.92 Å². The molecule has 0 radical (unpaired) electrons. The van der Waals surface area contributed by atoms with E-state index < -0.39 is 0 Å². The quantitative estimate of drug-likeness (QED) is 0.0806. The van der Waals surface area contributed by atoms with Crippen molar-refractivity contribution in [3.05, 3.63) is 0 Å². The first kappa shape index (κ1) is 36.7. The lowest BCUT2D eigenvalue weighted by Crippen LogP contribution is -2.04. The molecule has 37 heavy (non-hydrogen) atoms. The smallest absolute Gasteiger partial charge is 0.132 e. The predicted molar refractivity (Wildman–Crippen MR) is 169 cm³/mol. The number of unbranched alkanes of at least 4 members (excludes halogenated alkanes) is 22. The topological polar surface area (TPSA) is 17.1 Å². The third-order valence-corrected chi connectivity index (χ3v) is 8.54. The van der Waals surface area contributed by atoms with Crippen molar-refractivity contribution in [2.75, 3.05) is 0 Å². The van der Waals surface area contributed by atoms with Crippen LogP contribution in [0.5, 0.6) is 0 Å². The molecule has 0 amide bonds. The largest absolute Gasteiger partial charge is 0.300 e. The molecule has 0 aromatic carbocycles. The number of hydrogen-bond acceptors (Lipinski definition) is 1. The Bertz CT molecular complexity index is 428. The van der Waals surface area contributed by atoms with E-state index in [-0.39, 0.29) is 0 Å². The van der Waals surface area contributed by atoms with E-state index in [9.17, 15) is 4.79 Å². The monoisotopic (exact) mass is 521 g/mol. The van der Waals surface area contributed by atoms with Gasteiger partial charge in [0.05, 0.1) is 0 Å². The van der Waals surface area contributed by atoms with Gasteiger partial charge in [-0.1, -0.05) is 194 Å². The van der Waals surface area contributed by atoms with Gasteiger partial charge in [0.2, 0.25) is 0 Å². The van der Waals surface area contributed by atoms with E-state index in [0.29, 0.717) is 5.78 Å². The predicted octanol–water partition coefficient (Wildman–Crippen LogP) is 13.3. The zero-order valence-electron chi connectivity index (χ0n) is 26.4. The first-order valence-corrected chi connectivity index (χ1v) is 17.8. The van der Waals surface area contributed by atoms with Gasteiger partial charge < -0.3 is 0 Å². The highest BCUT2D eigenvalue weighted by atomic mass is 16.1. The molecule has 0 aliphatic rings. The molecule has 0 bridgehead atoms. The normalized spacial score (nSPS) is 12.3. The van der Waals surface area contributed by atoms with Crippen molar-refractivity contribution < 1.29 is 4.79 Å². The van der Waals surface area contributed by atoms with Gasteiger partial charge in [-0.3, -0.25) is 4.79 Å². The van der Waals surface area contributed by atoms with E-state index in [1.807, 2.05) is 0 Å². The minimum Gasteiger partial charge on any atom is -0.300 e. The molecule has 0 rings (SSSR count). The molecule has 0 aromatic rings. The Balaban J connectivity index is 3.44. The van der Waals surface area contributed by atoms with Gasteiger partial charge in [0.15, 0.2) is 0 Å². The Morgan fingerprint density at radius 2 is 0.676 bits per heavy atom. The van der Waals surface area contributed by atoms with Crippen LogP contribution in [0.3, 0.4) is 0 Å². The van der Waals surface area contributed by atoms with Crippen molar-refractivity contribution in [3.63, 3.8) is 0 Å². The summed E-state index contributed by atoms with van der Waals surface area (Å²) in [6.45, 7) is 6.89. The van der Waals surface area contributed by atoms with E-state index in [0.717, 1.165) is 31.6 Å². The molecule has 0 saturated heterocycles. The summed E-state index contributed by atoms with van der Waals surface area (Å²) in [4.78, 5) is 12.2. The van der Waals surface area contributed by atoms with E-state index in [1.54, 1.807) is 0 Å². The molecule has 1 heteroatoms. The van der Waals surface area contributed by atoms with Crippen LogP contribution >= 0.6 is 0 Å². The van der Waals surface area contributed by atoms with Gasteiger partial charge in [-0.25, -0.2) is 0 Å². The third-order valence-electron chi connectivity index (χ3n) is 8.54. The number of carbonyl (C=O) groups excluding carboxylic acids is 1. The second-order valence-corrected chi connectivity index (χ2v) is 12.4. The van der Waals surface area contributed by atoms with Crippen molar-refractivity contribution in [1.29, 1.82) is 0 Å². The van der Waals surface area contributed by atoms with Crippen LogP contribution in [0.15, 0.2) is 0 Å². The van der Waals surface area contributed by atoms with Gasteiger partial charge in [0, 0.05) is 12.8 Å². The number of hydrogen-bond donors (Lipinski definition) is 0. The number of rotatable bonds is 32. The Morgan fingerprint density at radius 3 is 1.08 bits per heavy atom. The summed E-state index contributed by atoms with van der Waals surface area (Å²) in [5.41, 5.74) is 0. The molecule has 0 aromatic heterocycles. The molecule has 0 aliphatic heterocycles. The lowest BCUT2D eigenvalue weighted by atomic mass is 9.90. The zero-order chi connectivity index (χ0) is 27.1. The summed E-state index contributed by atoms with van der Waals surface area (Å²) in [6, 6.07) is 0. The molecule has 0 spiro atoms. The molecule has 0 N–H and O–H groups in total. The fraction of sp³-hybridized carbons (Fsp3) is 0.972. The zero-order valence-corrected chi connectivity index (χ0v) is 26.4. The number of ketones is 1. The van der Waals surface area contributed by atoms with Crippen LogP contribution in [-0.4, -0.2) is 5.78 Å². The molecule has 1 atom stereocenters. The summed E-state index contributed by atoms with van der Waals surface area (Å²) >= 11 is 0. The first-order chi connectivity index (χ1) is 18.2. The first-order valence-electron chi connectivity index (χ1n) is 17.8. The average Bonchev–Trinajstić information content (AvgIpc) is 2.90. The Morgan fingerprint density at radius 1 is 0.351 bits per heavy atom. The Hall–Kier alpha value is -0.330. The van der Waals surface area contributed by atoms with Crippen LogP contribution in [0.2, 0.25) is 0 Å². The van der Waals surface area contributed by atoms with E-state index in [4.69, 9.17) is 0 Å². The van der Waals surface area contributed by atoms with Crippen molar-refractivity contribution >= 4 is 5.78 Å². The molecule has 222 valence electrons. The maximum atomic E-state index is 12.2. The van der Waals surface area contributed by atoms with Crippen molar-refractivity contribution in [2.45, 2.75) is 220 Å². The van der Waals surface area contributed by atoms with Gasteiger partial charge in [0.1, 0.15) is 5.78 Å². The summed E-state index contributed by atoms with van der Waals surface area (Å²) < 4.78 is 0. The average molecular weight is 521 g/mol. The lowest BCUT2D eigenvalue weighted by molar-refractivity contribution is -0.119. The Labute approximate surface area is 236 Å². The minimum absolute atomic E-state index is 0.527. The fourth-order valence-corrected chi connectivity index (χ4v) is 5.99. The summed E-state index contributed by atoms with van der Waals surface area (Å²) in [7, 11) is 0. The van der Waals surface area contributed by atoms with Crippen LogP contribution in [0.4, 0.5) is 0 Å². The van der Waals surface area contributed by atoms with E-state index in [1.165, 1.54) is 173 Å². The molecular weight excluding hydrogens is 448 g/mol. The molecule has 0 aliphatic carbocycles. The van der Waals surface area contributed by atoms with Gasteiger partial charge in [-0.05, 0) is 18.8 Å². The van der Waals surface area contributed by atoms with Gasteiger partial charge in [-0.2, -0.15) is 0 Å². The van der Waals surface area contributed by atoms with Gasteiger partial charge in [-0.15, -0.1) is 0 Å². The molecule has 0 heterocycles. The molecule has 1 nitrogen and oxygen atoms in total. The SMILES string of the molecule is CCCCCCCCCCCCCCCCCCCCC(CCC)CCCC(=O)CCCCCCCC. The highest BCUT2D eigenvalue weighted by molar-refractivity contribution is 5.78. The molecule has 0 fully saturated rings. The second kappa shape index (κ2) is 31.9. The molecule has 1 unspecified atom stereocenters. The van der Waals surface area contributed by atoms with Crippen molar-refractivity contribution in [3.8, 4) is 0 Å². The van der Waals surface area contributed by atoms with E-state index in [2.05, 4.69) is 20.8 Å². The molecular formula is C36H72O. The van der Waals surface area contributed by atoms with E-state index >= 15 is 0 Å². The van der Waals surface area contributed by atoms with Crippen LogP contribution in [-0.2, 0) is 4.79 Å². The van der Waals surface area contributed by atoms with Gasteiger partial charge in [0.25, 0.3) is 0 Å². The summed E-state index contributed by atoms with van der Waals surface area (Å²) in [6.07, 6.45) is 42.0. The van der Waals surface area contributed by atoms with Crippen LogP contribution in [0.1, 0.15) is 220 Å². The maximum Gasteiger partial charge on any atom is 0.132 e. The van der Waals surface area contributed by atoms with Crippen LogP contribution < -0.4 is 0 Å². The summed E-state index contributed by atoms with van der Waals surface area (Å²) in [5.74, 6) is 1.40. The number of Topliss-reactive ketones (excluding diaryl/α,β-unsaturated/α-hetero) is 1. The number of carbonyl (C=O) groups is 1. The highest BCUT2D eigenvalue weighted by Crippen LogP contribution is 2.23. The third kappa shape index (κ3) is 30.1. The second-order valence-electron chi connectivity index (χ2n) is 12.4. The summed E-state index contributed by atoms with van der Waals surface area (Å²) in [5, 5.41) is 0. The maximum absolute atomic E-state index is 12.2.